The summed E-state index contributed by atoms with van der Waals surface area (Å²) < 4.78 is 7.14. The molecule has 1 aliphatic heterocycles. The van der Waals surface area contributed by atoms with Crippen LogP contribution in [0, 0.1) is 6.92 Å². The second-order valence-corrected chi connectivity index (χ2v) is 7.64. The fraction of sp³-hybridized carbons (Fsp3) is 0.571. The van der Waals surface area contributed by atoms with Gasteiger partial charge in [-0.1, -0.05) is 6.07 Å². The lowest BCUT2D eigenvalue weighted by Gasteiger charge is -2.25. The predicted octanol–water partition coefficient (Wildman–Crippen LogP) is 2.49. The molecule has 2 aromatic rings. The van der Waals surface area contributed by atoms with Crippen molar-refractivity contribution < 1.29 is 4.74 Å². The second-order valence-electron chi connectivity index (χ2n) is 7.64. The maximum Gasteiger partial charge on any atom is 0.191 e. The number of methoxy groups -OCH3 is 1. The van der Waals surface area contributed by atoms with Crippen LogP contribution in [0.1, 0.15) is 36.1 Å². The van der Waals surface area contributed by atoms with Crippen LogP contribution in [0.15, 0.2) is 23.2 Å². The highest BCUT2D eigenvalue weighted by molar-refractivity contribution is 14.0. The zero-order chi connectivity index (χ0) is 20.8. The average Bonchev–Trinajstić information content (AvgIpc) is 3.09. The van der Waals surface area contributed by atoms with E-state index in [-0.39, 0.29) is 30.0 Å². The van der Waals surface area contributed by atoms with Crippen molar-refractivity contribution in [3.05, 3.63) is 41.0 Å². The number of aromatic nitrogens is 3. The van der Waals surface area contributed by atoms with Gasteiger partial charge >= 0.3 is 0 Å². The third-order valence-corrected chi connectivity index (χ3v) is 5.11. The van der Waals surface area contributed by atoms with E-state index in [4.69, 9.17) is 9.73 Å². The summed E-state index contributed by atoms with van der Waals surface area (Å²) in [6.07, 6.45) is 1.91. The predicted molar refractivity (Wildman–Crippen MR) is 132 cm³/mol. The number of guanidine groups is 1. The Morgan fingerprint density at radius 3 is 2.83 bits per heavy atom. The van der Waals surface area contributed by atoms with Crippen LogP contribution >= 0.6 is 24.0 Å². The first-order chi connectivity index (χ1) is 14.0. The van der Waals surface area contributed by atoms with Crippen LogP contribution in [0.25, 0.3) is 0 Å². The average molecular weight is 527 g/mol. The fourth-order valence-corrected chi connectivity index (χ4v) is 3.48. The van der Waals surface area contributed by atoms with Gasteiger partial charge < -0.3 is 20.3 Å². The largest absolute Gasteiger partial charge is 0.378 e. The van der Waals surface area contributed by atoms with Gasteiger partial charge in [0.1, 0.15) is 12.4 Å². The quantitative estimate of drug-likeness (QED) is 0.328. The Bertz CT molecular complexity index is 850. The second kappa shape index (κ2) is 11.5. The molecule has 0 bridgehead atoms. The lowest BCUT2D eigenvalue weighted by atomic mass is 10.1. The van der Waals surface area contributed by atoms with Gasteiger partial charge in [0.05, 0.1) is 13.1 Å². The number of rotatable bonds is 7. The summed E-state index contributed by atoms with van der Waals surface area (Å²) in [7, 11) is 5.78. The standard InChI is InChI=1S/C21H33N7O.HI/c1-6-22-21(23-12-16-7-9-18(27(3)4)11-15(16)2)24-17-8-10-20-25-19(14-29-5)26-28(20)13-17;/h7,9,11,17H,6,8,10,12-14H2,1-5H3,(H2,22,23,24);1H. The van der Waals surface area contributed by atoms with Crippen LogP contribution in [-0.4, -0.2) is 54.5 Å². The lowest BCUT2D eigenvalue weighted by Crippen LogP contribution is -2.47. The Morgan fingerprint density at radius 1 is 1.37 bits per heavy atom. The molecule has 8 nitrogen and oxygen atoms in total. The number of fused-ring (bicyclic) bond motifs is 1. The van der Waals surface area contributed by atoms with Crippen molar-refractivity contribution in [1.82, 2.24) is 25.4 Å². The number of aliphatic imine (C=N–C) groups is 1. The molecular weight excluding hydrogens is 493 g/mol. The first-order valence-electron chi connectivity index (χ1n) is 10.2. The SMILES string of the molecule is CCNC(=NCc1ccc(N(C)C)cc1C)NC1CCc2nc(COC)nn2C1.I. The number of anilines is 1. The summed E-state index contributed by atoms with van der Waals surface area (Å²) in [4.78, 5) is 11.5. The van der Waals surface area contributed by atoms with Gasteiger partial charge in [-0.05, 0) is 43.5 Å². The van der Waals surface area contributed by atoms with Crippen LogP contribution in [0.4, 0.5) is 5.69 Å². The minimum atomic E-state index is 0. The Balaban J connectivity index is 0.00000320. The number of ether oxygens (including phenoxy) is 1. The molecule has 1 aromatic heterocycles. The van der Waals surface area contributed by atoms with Gasteiger partial charge in [0.2, 0.25) is 0 Å². The van der Waals surface area contributed by atoms with Gasteiger partial charge in [0.15, 0.2) is 11.8 Å². The van der Waals surface area contributed by atoms with E-state index >= 15 is 0 Å². The molecule has 0 spiro atoms. The summed E-state index contributed by atoms with van der Waals surface area (Å²) in [6.45, 7) is 6.93. The van der Waals surface area contributed by atoms with E-state index in [1.807, 2.05) is 4.68 Å². The highest BCUT2D eigenvalue weighted by Crippen LogP contribution is 2.18. The molecule has 9 heteroatoms. The van der Waals surface area contributed by atoms with Crippen LogP contribution in [0.2, 0.25) is 0 Å². The van der Waals surface area contributed by atoms with Crippen LogP contribution in [-0.2, 0) is 30.9 Å². The van der Waals surface area contributed by atoms with Crippen molar-refractivity contribution in [1.29, 1.82) is 0 Å². The number of hydrogen-bond acceptors (Lipinski definition) is 5. The summed E-state index contributed by atoms with van der Waals surface area (Å²) in [6, 6.07) is 6.78. The Labute approximate surface area is 196 Å². The lowest BCUT2D eigenvalue weighted by molar-refractivity contribution is 0.177. The van der Waals surface area contributed by atoms with Crippen molar-refractivity contribution in [2.75, 3.05) is 32.6 Å². The van der Waals surface area contributed by atoms with Crippen LogP contribution < -0.4 is 15.5 Å². The minimum absolute atomic E-state index is 0. The molecule has 3 rings (SSSR count). The molecule has 1 aliphatic rings. The van der Waals surface area contributed by atoms with Gasteiger partial charge in [-0.2, -0.15) is 5.10 Å². The fourth-order valence-electron chi connectivity index (χ4n) is 3.48. The topological polar surface area (TPSA) is 79.6 Å². The number of halogens is 1. The van der Waals surface area contributed by atoms with Crippen molar-refractivity contribution in [3.8, 4) is 0 Å². The maximum atomic E-state index is 5.15. The minimum Gasteiger partial charge on any atom is -0.378 e. The van der Waals surface area contributed by atoms with Crippen LogP contribution in [0.3, 0.4) is 0 Å². The molecule has 1 unspecified atom stereocenters. The molecule has 166 valence electrons. The Hall–Kier alpha value is -1.88. The van der Waals surface area contributed by atoms with E-state index in [0.717, 1.165) is 43.5 Å². The van der Waals surface area contributed by atoms with Gasteiger partial charge in [0.25, 0.3) is 0 Å². The molecule has 0 fully saturated rings. The number of nitrogens with zero attached hydrogens (tertiary/aromatic N) is 5. The van der Waals surface area contributed by atoms with Crippen molar-refractivity contribution in [2.24, 2.45) is 4.99 Å². The van der Waals surface area contributed by atoms with E-state index in [1.54, 1.807) is 7.11 Å². The van der Waals surface area contributed by atoms with Gasteiger partial charge in [0, 0.05) is 45.9 Å². The first kappa shape index (κ1) is 24.4. The molecule has 0 aliphatic carbocycles. The van der Waals surface area contributed by atoms with E-state index < -0.39 is 0 Å². The van der Waals surface area contributed by atoms with Gasteiger partial charge in [-0.3, -0.25) is 0 Å². The molecule has 0 saturated carbocycles. The molecule has 0 radical (unpaired) electrons. The van der Waals surface area contributed by atoms with Gasteiger partial charge in [-0.15, -0.1) is 24.0 Å². The normalized spacial score (nSPS) is 15.9. The first-order valence-corrected chi connectivity index (χ1v) is 10.2. The number of nitrogens with one attached hydrogen (secondary N) is 2. The van der Waals surface area contributed by atoms with Crippen molar-refractivity contribution >= 4 is 35.6 Å². The summed E-state index contributed by atoms with van der Waals surface area (Å²) in [5.74, 6) is 2.63. The highest BCUT2D eigenvalue weighted by atomic mass is 127. The third kappa shape index (κ3) is 6.31. The van der Waals surface area contributed by atoms with Crippen LogP contribution in [0.5, 0.6) is 0 Å². The maximum absolute atomic E-state index is 5.15. The van der Waals surface area contributed by atoms with E-state index in [1.165, 1.54) is 16.8 Å². The summed E-state index contributed by atoms with van der Waals surface area (Å²) in [5.41, 5.74) is 3.70. The zero-order valence-electron chi connectivity index (χ0n) is 18.6. The number of benzene rings is 1. The molecule has 1 aromatic carbocycles. The van der Waals surface area contributed by atoms with Crippen molar-refractivity contribution in [2.45, 2.75) is 52.4 Å². The zero-order valence-corrected chi connectivity index (χ0v) is 20.9. The van der Waals surface area contributed by atoms with Crippen molar-refractivity contribution in [3.63, 3.8) is 0 Å². The molecule has 2 N–H and O–H groups in total. The highest BCUT2D eigenvalue weighted by Gasteiger charge is 2.22. The number of hydrogen-bond donors (Lipinski definition) is 2. The molecule has 1 atom stereocenters. The molecular formula is C21H34IN7O. The molecule has 0 amide bonds. The third-order valence-electron chi connectivity index (χ3n) is 5.11. The summed E-state index contributed by atoms with van der Waals surface area (Å²) >= 11 is 0. The Kier molecular flexibility index (Phi) is 9.35. The summed E-state index contributed by atoms with van der Waals surface area (Å²) in [5, 5.41) is 11.5. The van der Waals surface area contributed by atoms with Gasteiger partial charge in [-0.25, -0.2) is 14.7 Å². The van der Waals surface area contributed by atoms with E-state index in [9.17, 15) is 0 Å². The Morgan fingerprint density at radius 2 is 2.17 bits per heavy atom. The molecule has 0 saturated heterocycles. The monoisotopic (exact) mass is 527 g/mol. The number of aryl methyl sites for hydroxylation is 2. The molecule has 30 heavy (non-hydrogen) atoms. The van der Waals surface area contributed by atoms with E-state index in [0.29, 0.717) is 13.2 Å². The smallest absolute Gasteiger partial charge is 0.191 e. The van der Waals surface area contributed by atoms with E-state index in [2.05, 4.69) is 71.8 Å². The molecule has 2 heterocycles.